The van der Waals surface area contributed by atoms with E-state index in [1.807, 2.05) is 6.92 Å². The van der Waals surface area contributed by atoms with Crippen LogP contribution in [0.2, 0.25) is 0 Å². The van der Waals surface area contributed by atoms with E-state index in [4.69, 9.17) is 5.73 Å². The highest BCUT2D eigenvalue weighted by Gasteiger charge is 2.17. The van der Waals surface area contributed by atoms with Crippen LogP contribution in [0.1, 0.15) is 17.3 Å². The smallest absolute Gasteiger partial charge is 0.257 e. The van der Waals surface area contributed by atoms with E-state index in [-0.39, 0.29) is 17.2 Å². The number of halogens is 1. The Hall–Kier alpha value is -1.62. The Morgan fingerprint density at radius 1 is 1.59 bits per heavy atom. The molecule has 1 amide bonds. The van der Waals surface area contributed by atoms with Crippen LogP contribution in [0.5, 0.6) is 5.75 Å². The summed E-state index contributed by atoms with van der Waals surface area (Å²) in [5.41, 5.74) is 5.44. The normalized spacial score (nSPS) is 12.2. The summed E-state index contributed by atoms with van der Waals surface area (Å²) in [6.45, 7) is 2.84. The molecule has 0 fully saturated rings. The van der Waals surface area contributed by atoms with E-state index in [1.165, 1.54) is 11.0 Å². The number of nitrogens with zero attached hydrogens (tertiary/aromatic N) is 1. The summed E-state index contributed by atoms with van der Waals surface area (Å²) in [7, 11) is 1.60. The summed E-state index contributed by atoms with van der Waals surface area (Å²) in [5, 5.41) is 9.51. The number of phenols is 1. The molecule has 0 saturated carbocycles. The highest BCUT2D eigenvalue weighted by Crippen LogP contribution is 2.19. The molecule has 0 saturated heterocycles. The van der Waals surface area contributed by atoms with Crippen molar-refractivity contribution in [2.24, 2.45) is 11.7 Å². The van der Waals surface area contributed by atoms with Crippen molar-refractivity contribution in [3.63, 3.8) is 0 Å². The molecule has 1 aromatic carbocycles. The molecule has 0 aromatic heterocycles. The van der Waals surface area contributed by atoms with E-state index in [0.29, 0.717) is 13.1 Å². The highest BCUT2D eigenvalue weighted by atomic mass is 19.1. The van der Waals surface area contributed by atoms with Gasteiger partial charge in [-0.25, -0.2) is 4.39 Å². The summed E-state index contributed by atoms with van der Waals surface area (Å²) in [6.07, 6.45) is 0. The Morgan fingerprint density at radius 2 is 2.24 bits per heavy atom. The zero-order valence-corrected chi connectivity index (χ0v) is 9.98. The third-order valence-electron chi connectivity index (χ3n) is 2.52. The zero-order chi connectivity index (χ0) is 13.0. The Balaban J connectivity index is 2.85. The minimum atomic E-state index is -0.550. The number of hydrogen-bond acceptors (Lipinski definition) is 3. The number of rotatable bonds is 4. The lowest BCUT2D eigenvalue weighted by Crippen LogP contribution is -2.33. The minimum Gasteiger partial charge on any atom is -0.507 e. The number of carbonyl (C=O) groups is 1. The van der Waals surface area contributed by atoms with Crippen molar-refractivity contribution in [1.29, 1.82) is 0 Å². The second-order valence-electron chi connectivity index (χ2n) is 4.19. The van der Waals surface area contributed by atoms with Crippen molar-refractivity contribution in [3.05, 3.63) is 29.6 Å². The average molecular weight is 240 g/mol. The molecule has 1 aromatic rings. The van der Waals surface area contributed by atoms with E-state index in [0.717, 1.165) is 12.1 Å². The van der Waals surface area contributed by atoms with Gasteiger partial charge in [0.15, 0.2) is 0 Å². The fourth-order valence-electron chi connectivity index (χ4n) is 1.51. The van der Waals surface area contributed by atoms with Gasteiger partial charge in [0.1, 0.15) is 11.6 Å². The van der Waals surface area contributed by atoms with E-state index < -0.39 is 11.7 Å². The number of nitrogens with two attached hydrogens (primary N) is 1. The largest absolute Gasteiger partial charge is 0.507 e. The molecule has 0 aliphatic carbocycles. The quantitative estimate of drug-likeness (QED) is 0.831. The van der Waals surface area contributed by atoms with Gasteiger partial charge >= 0.3 is 0 Å². The summed E-state index contributed by atoms with van der Waals surface area (Å²) in [4.78, 5) is 13.4. The number of phenolic OH excluding ortho intramolecular Hbond substituents is 1. The predicted molar refractivity (Wildman–Crippen MR) is 63.2 cm³/mol. The van der Waals surface area contributed by atoms with Crippen molar-refractivity contribution in [3.8, 4) is 5.75 Å². The van der Waals surface area contributed by atoms with Gasteiger partial charge in [0.05, 0.1) is 5.56 Å². The van der Waals surface area contributed by atoms with Gasteiger partial charge in [0, 0.05) is 13.6 Å². The summed E-state index contributed by atoms with van der Waals surface area (Å²) < 4.78 is 13.0. The summed E-state index contributed by atoms with van der Waals surface area (Å²) >= 11 is 0. The standard InChI is InChI=1S/C12H17FN2O2/c1-8(6-14)7-15(2)12(17)10-5-9(13)3-4-11(10)16/h3-5,8,16H,6-7,14H2,1-2H3. The molecule has 0 aliphatic heterocycles. The van der Waals surface area contributed by atoms with E-state index in [2.05, 4.69) is 0 Å². The lowest BCUT2D eigenvalue weighted by Gasteiger charge is -2.21. The molecule has 94 valence electrons. The van der Waals surface area contributed by atoms with Crippen molar-refractivity contribution < 1.29 is 14.3 Å². The first-order valence-corrected chi connectivity index (χ1v) is 5.39. The third kappa shape index (κ3) is 3.42. The topological polar surface area (TPSA) is 66.6 Å². The van der Waals surface area contributed by atoms with Crippen molar-refractivity contribution in [2.75, 3.05) is 20.1 Å². The lowest BCUT2D eigenvalue weighted by molar-refractivity contribution is 0.0774. The molecule has 0 radical (unpaired) electrons. The van der Waals surface area contributed by atoms with Crippen LogP contribution in [0.3, 0.4) is 0 Å². The molecule has 3 N–H and O–H groups in total. The van der Waals surface area contributed by atoms with Gasteiger partial charge in [-0.05, 0) is 30.7 Å². The van der Waals surface area contributed by atoms with Crippen LogP contribution in [-0.2, 0) is 0 Å². The van der Waals surface area contributed by atoms with Crippen LogP contribution in [0.4, 0.5) is 4.39 Å². The van der Waals surface area contributed by atoms with Crippen LogP contribution in [0.15, 0.2) is 18.2 Å². The molecule has 1 unspecified atom stereocenters. The van der Waals surface area contributed by atoms with E-state index in [1.54, 1.807) is 7.05 Å². The molecule has 17 heavy (non-hydrogen) atoms. The third-order valence-corrected chi connectivity index (χ3v) is 2.52. The Kier molecular flexibility index (Phi) is 4.45. The molecule has 0 heterocycles. The van der Waals surface area contributed by atoms with Crippen LogP contribution >= 0.6 is 0 Å². The first-order chi connectivity index (χ1) is 7.95. The fourth-order valence-corrected chi connectivity index (χ4v) is 1.51. The second kappa shape index (κ2) is 5.63. The number of benzene rings is 1. The van der Waals surface area contributed by atoms with E-state index >= 15 is 0 Å². The Labute approximate surface area is 99.8 Å². The van der Waals surface area contributed by atoms with Crippen LogP contribution in [0.25, 0.3) is 0 Å². The maximum absolute atomic E-state index is 13.0. The Morgan fingerprint density at radius 3 is 2.82 bits per heavy atom. The van der Waals surface area contributed by atoms with Gasteiger partial charge in [-0.3, -0.25) is 4.79 Å². The number of hydrogen-bond donors (Lipinski definition) is 2. The molecule has 1 rings (SSSR count). The van der Waals surface area contributed by atoms with Gasteiger partial charge in [-0.1, -0.05) is 6.92 Å². The Bertz CT molecular complexity index is 409. The van der Waals surface area contributed by atoms with Gasteiger partial charge in [0.25, 0.3) is 5.91 Å². The molecule has 0 bridgehead atoms. The molecule has 1 atom stereocenters. The molecule has 5 heteroatoms. The maximum Gasteiger partial charge on any atom is 0.257 e. The van der Waals surface area contributed by atoms with Crippen LogP contribution < -0.4 is 5.73 Å². The van der Waals surface area contributed by atoms with Gasteiger partial charge in [0.2, 0.25) is 0 Å². The SMILES string of the molecule is CC(CN)CN(C)C(=O)c1cc(F)ccc1O. The van der Waals surface area contributed by atoms with Gasteiger partial charge in [-0.15, -0.1) is 0 Å². The number of carbonyl (C=O) groups excluding carboxylic acids is 1. The first-order valence-electron chi connectivity index (χ1n) is 5.39. The predicted octanol–water partition coefficient (Wildman–Crippen LogP) is 1.20. The summed E-state index contributed by atoms with van der Waals surface area (Å²) in [6, 6.07) is 3.30. The van der Waals surface area contributed by atoms with Crippen molar-refractivity contribution >= 4 is 5.91 Å². The van der Waals surface area contributed by atoms with Crippen molar-refractivity contribution in [2.45, 2.75) is 6.92 Å². The zero-order valence-electron chi connectivity index (χ0n) is 9.98. The molecule has 4 nitrogen and oxygen atoms in total. The first kappa shape index (κ1) is 13.4. The van der Waals surface area contributed by atoms with Crippen LogP contribution in [0, 0.1) is 11.7 Å². The average Bonchev–Trinajstić information content (AvgIpc) is 2.31. The molecule has 0 spiro atoms. The van der Waals surface area contributed by atoms with E-state index in [9.17, 15) is 14.3 Å². The lowest BCUT2D eigenvalue weighted by atomic mass is 10.1. The maximum atomic E-state index is 13.0. The molecular formula is C12H17FN2O2. The molecular weight excluding hydrogens is 223 g/mol. The highest BCUT2D eigenvalue weighted by molar-refractivity contribution is 5.96. The molecule has 0 aliphatic rings. The second-order valence-corrected chi connectivity index (χ2v) is 4.19. The fraction of sp³-hybridized carbons (Fsp3) is 0.417. The summed E-state index contributed by atoms with van der Waals surface area (Å²) in [5.74, 6) is -1.03. The monoisotopic (exact) mass is 240 g/mol. The van der Waals surface area contributed by atoms with Gasteiger partial charge < -0.3 is 15.7 Å². The van der Waals surface area contributed by atoms with Crippen molar-refractivity contribution in [1.82, 2.24) is 4.90 Å². The van der Waals surface area contributed by atoms with Crippen LogP contribution in [-0.4, -0.2) is 36.1 Å². The van der Waals surface area contributed by atoms with Gasteiger partial charge in [-0.2, -0.15) is 0 Å². The minimum absolute atomic E-state index is 0.0308. The number of amides is 1. The number of aromatic hydroxyl groups is 1.